The van der Waals surface area contributed by atoms with Crippen LogP contribution in [0.15, 0.2) is 0 Å². The van der Waals surface area contributed by atoms with Gasteiger partial charge in [-0.3, -0.25) is 9.00 Å². The molecule has 6 nitrogen and oxygen atoms in total. The zero-order valence-electron chi connectivity index (χ0n) is 8.84. The van der Waals surface area contributed by atoms with Crippen LogP contribution in [0.1, 0.15) is 12.8 Å². The number of halogens is 1. The Morgan fingerprint density at radius 1 is 1.65 bits per heavy atom. The van der Waals surface area contributed by atoms with E-state index >= 15 is 0 Å². The zero-order valence-corrected chi connectivity index (χ0v) is 10.4. The van der Waals surface area contributed by atoms with E-state index in [1.54, 1.807) is 0 Å². The van der Waals surface area contributed by atoms with Crippen molar-refractivity contribution in [2.45, 2.75) is 29.1 Å². The monoisotopic (exact) mass is 281 g/mol. The third-order valence-electron chi connectivity index (χ3n) is 3.18. The second kappa shape index (κ2) is 4.22. The Hall–Kier alpha value is -0.660. The molecule has 0 aromatic heterocycles. The standard InChI is InChI=1S/C9H12ClNO5S/c10-9(17(16)2-1-12)4-5-3-6(13)11(5)7(9)8(14)15/h5,7,12H,1-4H2,(H,14,15). The van der Waals surface area contributed by atoms with Crippen LogP contribution in [0.2, 0.25) is 0 Å². The predicted octanol–water partition coefficient (Wildman–Crippen LogP) is -0.880. The number of amides is 1. The van der Waals surface area contributed by atoms with Crippen molar-refractivity contribution in [3.63, 3.8) is 0 Å². The second-order valence-corrected chi connectivity index (χ2v) is 6.89. The van der Waals surface area contributed by atoms with E-state index in [4.69, 9.17) is 21.8 Å². The fourth-order valence-corrected chi connectivity index (χ4v) is 4.39. The van der Waals surface area contributed by atoms with Crippen molar-refractivity contribution in [1.82, 2.24) is 4.90 Å². The van der Waals surface area contributed by atoms with Gasteiger partial charge in [-0.2, -0.15) is 0 Å². The van der Waals surface area contributed by atoms with Gasteiger partial charge in [0.1, 0.15) is 0 Å². The van der Waals surface area contributed by atoms with E-state index in [-0.39, 0.29) is 37.2 Å². The summed E-state index contributed by atoms with van der Waals surface area (Å²) in [6.45, 7) is -0.327. The van der Waals surface area contributed by atoms with E-state index < -0.39 is 27.0 Å². The Balaban J connectivity index is 2.30. The fraction of sp³-hybridized carbons (Fsp3) is 0.778. The van der Waals surface area contributed by atoms with Crippen LogP contribution in [-0.2, 0) is 20.4 Å². The summed E-state index contributed by atoms with van der Waals surface area (Å²) in [5, 5.41) is 17.9. The molecule has 0 aromatic carbocycles. The first kappa shape index (κ1) is 12.8. The van der Waals surface area contributed by atoms with E-state index in [1.807, 2.05) is 0 Å². The molecule has 2 rings (SSSR count). The molecule has 96 valence electrons. The zero-order chi connectivity index (χ0) is 12.8. The molecular weight excluding hydrogens is 270 g/mol. The summed E-state index contributed by atoms with van der Waals surface area (Å²) in [5.74, 6) is -1.60. The predicted molar refractivity (Wildman–Crippen MR) is 60.0 cm³/mol. The number of β-lactam (4-membered cyclic amide) rings is 1. The molecule has 17 heavy (non-hydrogen) atoms. The average molecular weight is 282 g/mol. The van der Waals surface area contributed by atoms with Crippen LogP contribution in [-0.4, -0.2) is 59.8 Å². The topological polar surface area (TPSA) is 94.9 Å². The molecule has 0 aliphatic carbocycles. The number of carboxylic acids is 1. The van der Waals surface area contributed by atoms with E-state index in [2.05, 4.69) is 0 Å². The van der Waals surface area contributed by atoms with Crippen LogP contribution in [0.25, 0.3) is 0 Å². The van der Waals surface area contributed by atoms with Crippen molar-refractivity contribution in [3.8, 4) is 0 Å². The van der Waals surface area contributed by atoms with Gasteiger partial charge in [-0.1, -0.05) is 0 Å². The number of carboxylic acid groups (broad SMARTS) is 1. The molecule has 2 saturated heterocycles. The number of alkyl halides is 1. The van der Waals surface area contributed by atoms with Gasteiger partial charge >= 0.3 is 5.97 Å². The molecule has 0 bridgehead atoms. The van der Waals surface area contributed by atoms with E-state index in [0.29, 0.717) is 0 Å². The number of hydrogen-bond acceptors (Lipinski definition) is 4. The first-order chi connectivity index (χ1) is 7.91. The van der Waals surface area contributed by atoms with Crippen LogP contribution in [0.5, 0.6) is 0 Å². The lowest BCUT2D eigenvalue weighted by Gasteiger charge is -2.37. The lowest BCUT2D eigenvalue weighted by Crippen LogP contribution is -2.57. The summed E-state index contributed by atoms with van der Waals surface area (Å²) in [6, 6.07) is -1.49. The summed E-state index contributed by atoms with van der Waals surface area (Å²) in [7, 11) is -1.69. The third-order valence-corrected chi connectivity index (χ3v) is 5.76. The summed E-state index contributed by atoms with van der Waals surface area (Å²) < 4.78 is 10.4. The molecule has 0 aromatic rings. The van der Waals surface area contributed by atoms with Crippen LogP contribution in [0.3, 0.4) is 0 Å². The number of fused-ring (bicyclic) bond motifs is 1. The van der Waals surface area contributed by atoms with Crippen molar-refractivity contribution < 1.29 is 24.0 Å². The van der Waals surface area contributed by atoms with Crippen molar-refractivity contribution in [2.75, 3.05) is 12.4 Å². The molecule has 2 fully saturated rings. The number of carbonyl (C=O) groups is 2. The summed E-state index contributed by atoms with van der Waals surface area (Å²) in [4.78, 5) is 23.7. The van der Waals surface area contributed by atoms with Gasteiger partial charge in [0.15, 0.2) is 10.2 Å². The largest absolute Gasteiger partial charge is 0.480 e. The summed E-state index contributed by atoms with van der Waals surface area (Å²) in [6.07, 6.45) is 0.457. The summed E-state index contributed by atoms with van der Waals surface area (Å²) >= 11 is 6.17. The SMILES string of the molecule is O=C(O)C1N2C(=O)CC2CC1(Cl)S(=O)CCO. The Labute approximate surface area is 105 Å². The molecule has 2 N–H and O–H groups in total. The molecule has 2 aliphatic heterocycles. The third kappa shape index (κ3) is 1.76. The number of aliphatic hydroxyl groups is 1. The molecule has 4 unspecified atom stereocenters. The summed E-state index contributed by atoms with van der Waals surface area (Å²) in [5.41, 5.74) is 0. The molecule has 2 heterocycles. The molecule has 0 radical (unpaired) electrons. The molecule has 1 amide bonds. The van der Waals surface area contributed by atoms with Gasteiger partial charge in [0.05, 0.1) is 6.61 Å². The van der Waals surface area contributed by atoms with Crippen LogP contribution < -0.4 is 0 Å². The Bertz CT molecular complexity index is 403. The number of carbonyl (C=O) groups excluding carboxylic acids is 1. The van der Waals surface area contributed by atoms with Gasteiger partial charge in [-0.15, -0.1) is 11.6 Å². The highest BCUT2D eigenvalue weighted by Gasteiger charge is 2.63. The van der Waals surface area contributed by atoms with Gasteiger partial charge in [0.25, 0.3) is 0 Å². The highest BCUT2D eigenvalue weighted by molar-refractivity contribution is 7.88. The second-order valence-electron chi connectivity index (χ2n) is 4.16. The Morgan fingerprint density at radius 3 is 2.76 bits per heavy atom. The van der Waals surface area contributed by atoms with Gasteiger partial charge in [-0.25, -0.2) is 4.79 Å². The molecule has 0 saturated carbocycles. The highest BCUT2D eigenvalue weighted by Crippen LogP contribution is 2.47. The average Bonchev–Trinajstić information content (AvgIpc) is 2.48. The van der Waals surface area contributed by atoms with Crippen molar-refractivity contribution in [3.05, 3.63) is 0 Å². The maximum Gasteiger partial charge on any atom is 0.329 e. The Morgan fingerprint density at radius 2 is 2.29 bits per heavy atom. The number of aliphatic hydroxyl groups excluding tert-OH is 1. The van der Waals surface area contributed by atoms with Gasteiger partial charge < -0.3 is 15.1 Å². The number of hydrogen-bond donors (Lipinski definition) is 2. The molecular formula is C9H12ClNO5S. The van der Waals surface area contributed by atoms with E-state index in [9.17, 15) is 13.8 Å². The Kier molecular flexibility index (Phi) is 3.17. The van der Waals surface area contributed by atoms with E-state index in [0.717, 1.165) is 0 Å². The van der Waals surface area contributed by atoms with Crippen LogP contribution in [0.4, 0.5) is 0 Å². The van der Waals surface area contributed by atoms with Crippen LogP contribution >= 0.6 is 11.6 Å². The minimum Gasteiger partial charge on any atom is -0.480 e. The minimum absolute atomic E-state index is 0.0813. The van der Waals surface area contributed by atoms with Gasteiger partial charge in [0.2, 0.25) is 5.91 Å². The first-order valence-corrected chi connectivity index (χ1v) is 6.83. The number of nitrogens with zero attached hydrogens (tertiary/aromatic N) is 1. The maximum atomic E-state index is 11.9. The fourth-order valence-electron chi connectivity index (χ4n) is 2.44. The number of aliphatic carboxylic acids is 1. The van der Waals surface area contributed by atoms with Gasteiger partial charge in [-0.05, 0) is 0 Å². The van der Waals surface area contributed by atoms with E-state index in [1.165, 1.54) is 4.90 Å². The maximum absolute atomic E-state index is 11.9. The molecule has 0 spiro atoms. The quantitative estimate of drug-likeness (QED) is 0.515. The number of rotatable bonds is 4. The first-order valence-electron chi connectivity index (χ1n) is 5.14. The lowest BCUT2D eigenvalue weighted by atomic mass is 10.0. The van der Waals surface area contributed by atoms with Crippen molar-refractivity contribution in [1.29, 1.82) is 0 Å². The highest BCUT2D eigenvalue weighted by atomic mass is 35.5. The van der Waals surface area contributed by atoms with Crippen LogP contribution in [0, 0.1) is 0 Å². The minimum atomic E-state index is -1.69. The lowest BCUT2D eigenvalue weighted by molar-refractivity contribution is -0.156. The molecule has 2 aliphatic rings. The smallest absolute Gasteiger partial charge is 0.329 e. The molecule has 8 heteroatoms. The molecule has 4 atom stereocenters. The van der Waals surface area contributed by atoms with Crippen molar-refractivity contribution in [2.24, 2.45) is 0 Å². The van der Waals surface area contributed by atoms with Crippen molar-refractivity contribution >= 4 is 34.3 Å². The normalized spacial score (nSPS) is 37.5. The van der Waals surface area contributed by atoms with Gasteiger partial charge in [0, 0.05) is 35.4 Å².